The molecule has 9 nitrogen and oxygen atoms in total. The number of aromatic nitrogens is 1. The van der Waals surface area contributed by atoms with E-state index in [0.717, 1.165) is 38.5 Å². The third-order valence-electron chi connectivity index (χ3n) is 5.69. The van der Waals surface area contributed by atoms with Gasteiger partial charge in [-0.05, 0) is 57.6 Å². The molecule has 3 aliphatic rings. The Morgan fingerprint density at radius 1 is 1.14 bits per heavy atom. The van der Waals surface area contributed by atoms with E-state index >= 15 is 0 Å². The molecule has 2 aliphatic carbocycles. The van der Waals surface area contributed by atoms with Crippen molar-refractivity contribution < 1.29 is 18.0 Å². The second-order valence-corrected chi connectivity index (χ2v) is 10.1. The summed E-state index contributed by atoms with van der Waals surface area (Å²) in [6.45, 7) is 3.31. The maximum atomic E-state index is 12.5. The van der Waals surface area contributed by atoms with Crippen molar-refractivity contribution in [1.29, 1.82) is 0 Å². The van der Waals surface area contributed by atoms with Gasteiger partial charge in [-0.25, -0.2) is 14.5 Å². The van der Waals surface area contributed by atoms with Crippen LogP contribution in [0.1, 0.15) is 45.4 Å². The molecule has 3 amide bonds. The van der Waals surface area contributed by atoms with Crippen LogP contribution in [0.15, 0.2) is 23.2 Å². The number of pyridine rings is 1. The average molecular weight is 422 g/mol. The normalized spacial score (nSPS) is 21.3. The van der Waals surface area contributed by atoms with Crippen LogP contribution in [0.3, 0.4) is 0 Å². The number of sulfonamides is 1. The number of hydrogen-bond donors (Lipinski definition) is 3. The van der Waals surface area contributed by atoms with Crippen molar-refractivity contribution in [1.82, 2.24) is 20.3 Å². The maximum absolute atomic E-state index is 12.5. The minimum Gasteiger partial charge on any atom is -0.356 e. The van der Waals surface area contributed by atoms with Gasteiger partial charge in [0.15, 0.2) is 5.03 Å². The van der Waals surface area contributed by atoms with E-state index in [1.54, 1.807) is 12.1 Å². The second kappa shape index (κ2) is 7.47. The zero-order chi connectivity index (χ0) is 20.6. The van der Waals surface area contributed by atoms with E-state index in [9.17, 15) is 18.0 Å². The predicted octanol–water partition coefficient (Wildman–Crippen LogP) is 1.12. The molecule has 0 radical (unpaired) electrons. The van der Waals surface area contributed by atoms with E-state index in [0.29, 0.717) is 24.9 Å². The largest absolute Gasteiger partial charge is 0.356 e. The molecule has 4 rings (SSSR count). The van der Waals surface area contributed by atoms with Crippen LogP contribution in [-0.2, 0) is 14.8 Å². The van der Waals surface area contributed by atoms with Crippen molar-refractivity contribution >= 4 is 27.8 Å². The summed E-state index contributed by atoms with van der Waals surface area (Å²) in [4.78, 5) is 30.2. The zero-order valence-corrected chi connectivity index (χ0v) is 17.3. The van der Waals surface area contributed by atoms with Gasteiger partial charge in [-0.3, -0.25) is 4.79 Å². The van der Waals surface area contributed by atoms with Crippen molar-refractivity contribution in [2.45, 2.75) is 62.1 Å². The first-order valence-electron chi connectivity index (χ1n) is 10.1. The smallest absolute Gasteiger partial charge is 0.315 e. The van der Waals surface area contributed by atoms with Gasteiger partial charge in [0.2, 0.25) is 5.91 Å². The van der Waals surface area contributed by atoms with Crippen molar-refractivity contribution in [3.05, 3.63) is 18.2 Å². The summed E-state index contributed by atoms with van der Waals surface area (Å²) in [5.41, 5.74) is -0.308. The van der Waals surface area contributed by atoms with Crippen LogP contribution in [0.25, 0.3) is 0 Å². The van der Waals surface area contributed by atoms with Crippen molar-refractivity contribution in [2.24, 2.45) is 5.92 Å². The molecule has 2 saturated carbocycles. The quantitative estimate of drug-likeness (QED) is 0.633. The molecule has 29 heavy (non-hydrogen) atoms. The van der Waals surface area contributed by atoms with Gasteiger partial charge >= 0.3 is 6.03 Å². The number of rotatable bonds is 6. The molecule has 158 valence electrons. The molecule has 1 saturated heterocycles. The van der Waals surface area contributed by atoms with E-state index < -0.39 is 15.9 Å². The summed E-state index contributed by atoms with van der Waals surface area (Å²) in [5.74, 6) is -0.102. The number of amides is 3. The molecule has 10 heteroatoms. The van der Waals surface area contributed by atoms with Gasteiger partial charge in [0, 0.05) is 30.6 Å². The summed E-state index contributed by atoms with van der Waals surface area (Å²) in [6, 6.07) is 4.98. The molecular weight excluding hydrogens is 394 g/mol. The topological polar surface area (TPSA) is 121 Å². The van der Waals surface area contributed by atoms with Crippen LogP contribution in [0.5, 0.6) is 0 Å². The highest BCUT2D eigenvalue weighted by atomic mass is 32.2. The molecule has 3 fully saturated rings. The first-order valence-corrected chi connectivity index (χ1v) is 11.6. The van der Waals surface area contributed by atoms with Gasteiger partial charge in [0.05, 0.1) is 0 Å². The minimum absolute atomic E-state index is 0.124. The lowest BCUT2D eigenvalue weighted by Gasteiger charge is -2.40. The first kappa shape index (κ1) is 19.9. The third kappa shape index (κ3) is 4.98. The highest BCUT2D eigenvalue weighted by Gasteiger charge is 2.35. The van der Waals surface area contributed by atoms with Gasteiger partial charge in [-0.1, -0.05) is 6.07 Å². The molecule has 3 N–H and O–H groups in total. The first-order chi connectivity index (χ1) is 13.7. The van der Waals surface area contributed by atoms with E-state index in [1.165, 1.54) is 6.07 Å². The molecule has 1 aromatic heterocycles. The fraction of sp³-hybridized carbons (Fsp3) is 0.632. The van der Waals surface area contributed by atoms with E-state index in [1.807, 2.05) is 11.8 Å². The lowest BCUT2D eigenvalue weighted by molar-refractivity contribution is -0.120. The fourth-order valence-electron chi connectivity index (χ4n) is 3.42. The molecule has 0 bridgehead atoms. The van der Waals surface area contributed by atoms with Crippen LogP contribution in [0.2, 0.25) is 0 Å². The number of anilines is 1. The summed E-state index contributed by atoms with van der Waals surface area (Å²) >= 11 is 0. The molecular formula is C19H27N5O4S. The number of nitrogens with zero attached hydrogens (tertiary/aromatic N) is 2. The summed E-state index contributed by atoms with van der Waals surface area (Å²) < 4.78 is 27.0. The maximum Gasteiger partial charge on any atom is 0.315 e. The highest BCUT2D eigenvalue weighted by Crippen LogP contribution is 2.30. The van der Waals surface area contributed by atoms with Crippen molar-refractivity contribution in [3.8, 4) is 0 Å². The van der Waals surface area contributed by atoms with E-state index in [4.69, 9.17) is 0 Å². The number of carbonyl (C=O) groups excluding carboxylic acids is 2. The molecule has 0 unspecified atom stereocenters. The molecule has 1 aliphatic heterocycles. The number of nitrogens with one attached hydrogen (secondary N) is 3. The Labute approximate surface area is 170 Å². The van der Waals surface area contributed by atoms with Crippen LogP contribution in [0, 0.1) is 5.92 Å². The fourth-order valence-corrected chi connectivity index (χ4v) is 4.43. The molecule has 0 spiro atoms. The third-order valence-corrected chi connectivity index (χ3v) is 6.93. The van der Waals surface area contributed by atoms with Gasteiger partial charge < -0.3 is 15.5 Å². The van der Waals surface area contributed by atoms with Crippen molar-refractivity contribution in [3.63, 3.8) is 0 Å². The molecule has 1 aromatic rings. The van der Waals surface area contributed by atoms with E-state index in [-0.39, 0.29) is 22.5 Å². The highest BCUT2D eigenvalue weighted by molar-refractivity contribution is 7.90. The number of urea groups is 1. The molecule has 2 heterocycles. The predicted molar refractivity (Wildman–Crippen MR) is 107 cm³/mol. The Bertz CT molecular complexity index is 903. The number of hydrogen-bond acceptors (Lipinski definition) is 6. The number of piperidine rings is 1. The SMILES string of the molecule is CC1(NC(=O)NC2CC2)CCN(c2cccc(S(=O)(=O)NC(=O)C3CC3)n2)CC1. The van der Waals surface area contributed by atoms with E-state index in [2.05, 4.69) is 20.3 Å². The summed E-state index contributed by atoms with van der Waals surface area (Å²) in [7, 11) is -3.97. The Balaban J connectivity index is 1.37. The molecule has 0 atom stereocenters. The lowest BCUT2D eigenvalue weighted by atomic mass is 9.89. The lowest BCUT2D eigenvalue weighted by Crippen LogP contribution is -2.56. The minimum atomic E-state index is -3.97. The van der Waals surface area contributed by atoms with Gasteiger partial charge in [0.25, 0.3) is 10.0 Å². The van der Waals surface area contributed by atoms with Crippen LogP contribution >= 0.6 is 0 Å². The van der Waals surface area contributed by atoms with Gasteiger partial charge in [-0.15, -0.1) is 0 Å². The Morgan fingerprint density at radius 3 is 2.45 bits per heavy atom. The zero-order valence-electron chi connectivity index (χ0n) is 16.5. The van der Waals surface area contributed by atoms with Crippen molar-refractivity contribution in [2.75, 3.05) is 18.0 Å². The standard InChI is InChI=1S/C19H27N5O4S/c1-19(22-18(26)20-14-7-8-14)9-11-24(12-10-19)15-3-2-4-16(21-15)29(27,28)23-17(25)13-5-6-13/h2-4,13-14H,5-12H2,1H3,(H,23,25)(H2,20,22,26). The Morgan fingerprint density at radius 2 is 1.83 bits per heavy atom. The average Bonchev–Trinajstić information content (AvgIpc) is 3.55. The Hall–Kier alpha value is -2.36. The summed E-state index contributed by atoms with van der Waals surface area (Å²) in [5, 5.41) is 5.86. The van der Waals surface area contributed by atoms with Gasteiger partial charge in [0.1, 0.15) is 5.82 Å². The van der Waals surface area contributed by atoms with Gasteiger partial charge in [-0.2, -0.15) is 8.42 Å². The van der Waals surface area contributed by atoms with Crippen LogP contribution < -0.4 is 20.3 Å². The molecule has 0 aromatic carbocycles. The number of carbonyl (C=O) groups is 2. The van der Waals surface area contributed by atoms with Crippen LogP contribution in [0.4, 0.5) is 10.6 Å². The Kier molecular flexibility index (Phi) is 5.14. The second-order valence-electron chi connectivity index (χ2n) is 8.50. The monoisotopic (exact) mass is 421 g/mol. The van der Waals surface area contributed by atoms with Crippen LogP contribution in [-0.4, -0.2) is 50.0 Å². The summed E-state index contributed by atoms with van der Waals surface area (Å²) in [6.07, 6.45) is 5.00.